The van der Waals surface area contributed by atoms with Crippen molar-refractivity contribution in [3.8, 4) is 28.5 Å². The van der Waals surface area contributed by atoms with Gasteiger partial charge in [0.1, 0.15) is 11.4 Å². The van der Waals surface area contributed by atoms with E-state index in [4.69, 9.17) is 9.72 Å². The third-order valence-corrected chi connectivity index (χ3v) is 5.55. The molecule has 32 heavy (non-hydrogen) atoms. The highest BCUT2D eigenvalue weighted by atomic mass is 16.5. The Bertz CT molecular complexity index is 978. The van der Waals surface area contributed by atoms with E-state index >= 15 is 0 Å². The van der Waals surface area contributed by atoms with Gasteiger partial charge in [0, 0.05) is 48.7 Å². The van der Waals surface area contributed by atoms with Crippen LogP contribution in [0.15, 0.2) is 48.5 Å². The zero-order valence-electron chi connectivity index (χ0n) is 20.2. The SMILES string of the molecule is CCN(CC)c1ccc(-c2nnc(OC(C)C)nc2-c2ccc(N(CC)CC)cc2)cc1. The maximum Gasteiger partial charge on any atom is 0.336 e. The van der Waals surface area contributed by atoms with Crippen LogP contribution in [0.25, 0.3) is 22.5 Å². The number of nitrogens with zero attached hydrogens (tertiary/aromatic N) is 5. The van der Waals surface area contributed by atoms with E-state index in [0.29, 0.717) is 6.01 Å². The number of rotatable bonds is 10. The molecular formula is C26H35N5O. The van der Waals surface area contributed by atoms with Gasteiger partial charge in [-0.15, -0.1) is 5.10 Å². The predicted molar refractivity (Wildman–Crippen MR) is 134 cm³/mol. The number of anilines is 2. The Kier molecular flexibility index (Phi) is 8.03. The summed E-state index contributed by atoms with van der Waals surface area (Å²) in [5.41, 5.74) is 5.90. The van der Waals surface area contributed by atoms with Gasteiger partial charge in [-0.3, -0.25) is 0 Å². The number of aromatic nitrogens is 3. The van der Waals surface area contributed by atoms with Crippen LogP contribution in [0.4, 0.5) is 11.4 Å². The Hall–Kier alpha value is -3.15. The van der Waals surface area contributed by atoms with Crippen molar-refractivity contribution in [3.05, 3.63) is 48.5 Å². The Balaban J connectivity index is 2.03. The molecule has 0 N–H and O–H groups in total. The zero-order chi connectivity index (χ0) is 23.1. The first-order valence-electron chi connectivity index (χ1n) is 11.6. The van der Waals surface area contributed by atoms with Crippen molar-refractivity contribution in [3.63, 3.8) is 0 Å². The second kappa shape index (κ2) is 10.9. The van der Waals surface area contributed by atoms with Crippen molar-refractivity contribution < 1.29 is 4.74 Å². The molecule has 0 aliphatic rings. The standard InChI is InChI=1S/C26H35N5O/c1-7-30(8-2)22-15-11-20(12-16-22)24-25(28-29-26(27-24)32-19(5)6)21-13-17-23(18-14-21)31(9-3)10-4/h11-19H,7-10H2,1-6H3. The maximum atomic E-state index is 5.74. The fraction of sp³-hybridized carbons (Fsp3) is 0.423. The highest BCUT2D eigenvalue weighted by Crippen LogP contribution is 2.32. The summed E-state index contributed by atoms with van der Waals surface area (Å²) >= 11 is 0. The molecule has 170 valence electrons. The van der Waals surface area contributed by atoms with Crippen molar-refractivity contribution in [2.75, 3.05) is 36.0 Å². The summed E-state index contributed by atoms with van der Waals surface area (Å²) < 4.78 is 5.74. The molecule has 6 heteroatoms. The summed E-state index contributed by atoms with van der Waals surface area (Å²) in [7, 11) is 0. The van der Waals surface area contributed by atoms with Crippen molar-refractivity contribution in [2.24, 2.45) is 0 Å². The van der Waals surface area contributed by atoms with Gasteiger partial charge in [-0.25, -0.2) is 0 Å². The van der Waals surface area contributed by atoms with E-state index in [-0.39, 0.29) is 6.10 Å². The smallest absolute Gasteiger partial charge is 0.336 e. The minimum atomic E-state index is -0.0195. The van der Waals surface area contributed by atoms with Gasteiger partial charge in [-0.1, -0.05) is 29.4 Å². The molecule has 0 aliphatic heterocycles. The van der Waals surface area contributed by atoms with Crippen LogP contribution in [-0.4, -0.2) is 47.5 Å². The largest absolute Gasteiger partial charge is 0.460 e. The van der Waals surface area contributed by atoms with Gasteiger partial charge in [-0.2, -0.15) is 4.98 Å². The summed E-state index contributed by atoms with van der Waals surface area (Å²) in [6.07, 6.45) is -0.0195. The molecule has 1 aromatic heterocycles. The summed E-state index contributed by atoms with van der Waals surface area (Å²) in [6.45, 7) is 16.5. The molecule has 0 saturated carbocycles. The van der Waals surface area contributed by atoms with Crippen LogP contribution in [0.3, 0.4) is 0 Å². The third-order valence-electron chi connectivity index (χ3n) is 5.55. The van der Waals surface area contributed by atoms with E-state index in [1.807, 2.05) is 13.8 Å². The number of benzene rings is 2. The van der Waals surface area contributed by atoms with Crippen LogP contribution >= 0.6 is 0 Å². The number of ether oxygens (including phenoxy) is 1. The van der Waals surface area contributed by atoms with E-state index in [2.05, 4.69) is 96.2 Å². The molecule has 0 atom stereocenters. The Labute approximate surface area is 192 Å². The van der Waals surface area contributed by atoms with E-state index in [1.54, 1.807) is 0 Å². The second-order valence-corrected chi connectivity index (χ2v) is 7.90. The molecule has 0 amide bonds. The Morgan fingerprint density at radius 3 is 1.50 bits per heavy atom. The molecule has 0 fully saturated rings. The molecule has 0 saturated heterocycles. The van der Waals surface area contributed by atoms with Crippen LogP contribution in [0, 0.1) is 0 Å². The lowest BCUT2D eigenvalue weighted by Gasteiger charge is -2.21. The van der Waals surface area contributed by atoms with Crippen LogP contribution in [-0.2, 0) is 0 Å². The lowest BCUT2D eigenvalue weighted by atomic mass is 10.0. The number of hydrogen-bond acceptors (Lipinski definition) is 6. The minimum absolute atomic E-state index is 0.0195. The summed E-state index contributed by atoms with van der Waals surface area (Å²) in [4.78, 5) is 9.39. The van der Waals surface area contributed by atoms with Crippen LogP contribution in [0.1, 0.15) is 41.5 Å². The van der Waals surface area contributed by atoms with Crippen molar-refractivity contribution in [1.82, 2.24) is 15.2 Å². The van der Waals surface area contributed by atoms with Crippen LogP contribution in [0.5, 0.6) is 6.01 Å². The van der Waals surface area contributed by atoms with Gasteiger partial charge in [0.05, 0.1) is 6.10 Å². The second-order valence-electron chi connectivity index (χ2n) is 7.90. The molecule has 1 heterocycles. The highest BCUT2D eigenvalue weighted by Gasteiger charge is 2.16. The summed E-state index contributed by atoms with van der Waals surface area (Å²) in [6, 6.07) is 17.2. The Morgan fingerprint density at radius 2 is 1.09 bits per heavy atom. The van der Waals surface area contributed by atoms with Gasteiger partial charge in [-0.05, 0) is 65.8 Å². The summed E-state index contributed by atoms with van der Waals surface area (Å²) in [5.74, 6) is 0. The van der Waals surface area contributed by atoms with E-state index in [1.165, 1.54) is 11.4 Å². The molecule has 0 bridgehead atoms. The summed E-state index contributed by atoms with van der Waals surface area (Å²) in [5, 5.41) is 8.76. The molecule has 0 unspecified atom stereocenters. The fourth-order valence-electron chi connectivity index (χ4n) is 3.81. The van der Waals surface area contributed by atoms with E-state index < -0.39 is 0 Å². The molecule has 2 aromatic carbocycles. The molecule has 6 nitrogen and oxygen atoms in total. The van der Waals surface area contributed by atoms with Gasteiger partial charge in [0.15, 0.2) is 0 Å². The first kappa shape index (κ1) is 23.5. The van der Waals surface area contributed by atoms with Crippen molar-refractivity contribution in [2.45, 2.75) is 47.6 Å². The van der Waals surface area contributed by atoms with Crippen LogP contribution < -0.4 is 14.5 Å². The van der Waals surface area contributed by atoms with E-state index in [9.17, 15) is 0 Å². The first-order valence-corrected chi connectivity index (χ1v) is 11.6. The predicted octanol–water partition coefficient (Wildman–Crippen LogP) is 5.69. The molecule has 3 rings (SSSR count). The lowest BCUT2D eigenvalue weighted by molar-refractivity contribution is 0.219. The quantitative estimate of drug-likeness (QED) is 0.410. The van der Waals surface area contributed by atoms with Gasteiger partial charge in [0.2, 0.25) is 0 Å². The lowest BCUT2D eigenvalue weighted by Crippen LogP contribution is -2.21. The zero-order valence-corrected chi connectivity index (χ0v) is 20.2. The molecular weight excluding hydrogens is 398 g/mol. The molecule has 0 aliphatic carbocycles. The van der Waals surface area contributed by atoms with Gasteiger partial charge in [0.25, 0.3) is 0 Å². The van der Waals surface area contributed by atoms with Gasteiger partial charge < -0.3 is 14.5 Å². The Morgan fingerprint density at radius 1 is 0.656 bits per heavy atom. The average molecular weight is 434 g/mol. The minimum Gasteiger partial charge on any atom is -0.460 e. The van der Waals surface area contributed by atoms with E-state index in [0.717, 1.165) is 48.7 Å². The maximum absolute atomic E-state index is 5.74. The van der Waals surface area contributed by atoms with Crippen LogP contribution in [0.2, 0.25) is 0 Å². The highest BCUT2D eigenvalue weighted by molar-refractivity contribution is 5.79. The topological polar surface area (TPSA) is 54.4 Å². The molecule has 0 spiro atoms. The fourth-order valence-corrected chi connectivity index (χ4v) is 3.81. The third kappa shape index (κ3) is 5.36. The monoisotopic (exact) mass is 433 g/mol. The van der Waals surface area contributed by atoms with Crippen molar-refractivity contribution in [1.29, 1.82) is 0 Å². The van der Waals surface area contributed by atoms with Gasteiger partial charge >= 0.3 is 6.01 Å². The molecule has 3 aromatic rings. The van der Waals surface area contributed by atoms with Crippen molar-refractivity contribution >= 4 is 11.4 Å². The average Bonchev–Trinajstić information content (AvgIpc) is 2.81. The normalized spacial score (nSPS) is 11.0. The molecule has 0 radical (unpaired) electrons. The number of hydrogen-bond donors (Lipinski definition) is 0. The first-order chi connectivity index (χ1) is 15.5.